The highest BCUT2D eigenvalue weighted by atomic mass is 32.2. The maximum atomic E-state index is 12.5. The molecule has 1 atom stereocenters. The SMILES string of the molecule is Cc1cc(CS(=O)(=O)C(C)c2nc(C3CC3)no2)c(C)s1. The van der Waals surface area contributed by atoms with Crippen LogP contribution in [0.3, 0.4) is 0 Å². The normalized spacial score (nSPS) is 17.1. The molecule has 0 aromatic carbocycles. The minimum atomic E-state index is -3.36. The Balaban J connectivity index is 1.81. The van der Waals surface area contributed by atoms with Gasteiger partial charge in [0.15, 0.2) is 15.7 Å². The summed E-state index contributed by atoms with van der Waals surface area (Å²) in [6, 6.07) is 1.94. The second kappa shape index (κ2) is 5.21. The number of aromatic nitrogens is 2. The lowest BCUT2D eigenvalue weighted by Gasteiger charge is -2.08. The fourth-order valence-electron chi connectivity index (χ4n) is 2.24. The van der Waals surface area contributed by atoms with Crippen LogP contribution in [-0.2, 0) is 15.6 Å². The molecule has 2 heterocycles. The van der Waals surface area contributed by atoms with Crippen molar-refractivity contribution in [2.24, 2.45) is 0 Å². The molecule has 0 N–H and O–H groups in total. The predicted octanol–water partition coefficient (Wildman–Crippen LogP) is 3.30. The van der Waals surface area contributed by atoms with E-state index in [1.807, 2.05) is 19.9 Å². The molecule has 0 bridgehead atoms. The lowest BCUT2D eigenvalue weighted by atomic mass is 10.3. The van der Waals surface area contributed by atoms with Crippen molar-refractivity contribution in [1.82, 2.24) is 10.1 Å². The van der Waals surface area contributed by atoms with Gasteiger partial charge in [0, 0.05) is 15.7 Å². The van der Waals surface area contributed by atoms with Crippen LogP contribution in [0.5, 0.6) is 0 Å². The van der Waals surface area contributed by atoms with Gasteiger partial charge in [-0.05, 0) is 45.2 Å². The molecule has 0 spiro atoms. The first-order valence-corrected chi connectivity index (χ1v) is 9.51. The van der Waals surface area contributed by atoms with Gasteiger partial charge in [-0.1, -0.05) is 5.16 Å². The molecule has 0 aliphatic heterocycles. The van der Waals surface area contributed by atoms with E-state index in [0.29, 0.717) is 11.7 Å². The van der Waals surface area contributed by atoms with Crippen LogP contribution >= 0.6 is 11.3 Å². The first kappa shape index (κ1) is 14.7. The van der Waals surface area contributed by atoms with E-state index in [1.165, 1.54) is 0 Å². The Kier molecular flexibility index (Phi) is 3.65. The Labute approximate surface area is 128 Å². The predicted molar refractivity (Wildman–Crippen MR) is 81.1 cm³/mol. The highest BCUT2D eigenvalue weighted by molar-refractivity contribution is 7.90. The van der Waals surface area contributed by atoms with Crippen LogP contribution in [0.15, 0.2) is 10.6 Å². The number of aryl methyl sites for hydroxylation is 2. The molecule has 21 heavy (non-hydrogen) atoms. The summed E-state index contributed by atoms with van der Waals surface area (Å²) in [5, 5.41) is 3.13. The van der Waals surface area contributed by atoms with E-state index in [4.69, 9.17) is 4.52 Å². The quantitative estimate of drug-likeness (QED) is 0.843. The molecular formula is C14H18N2O3S2. The zero-order valence-corrected chi connectivity index (χ0v) is 13.9. The third-order valence-electron chi connectivity index (χ3n) is 3.79. The van der Waals surface area contributed by atoms with Gasteiger partial charge in [-0.3, -0.25) is 0 Å². The smallest absolute Gasteiger partial charge is 0.244 e. The molecule has 114 valence electrons. The lowest BCUT2D eigenvalue weighted by Crippen LogP contribution is -2.13. The molecular weight excluding hydrogens is 308 g/mol. The number of rotatable bonds is 5. The third-order valence-corrected chi connectivity index (χ3v) is 6.79. The average molecular weight is 326 g/mol. The van der Waals surface area contributed by atoms with E-state index in [-0.39, 0.29) is 11.6 Å². The van der Waals surface area contributed by atoms with Crippen LogP contribution in [0.25, 0.3) is 0 Å². The van der Waals surface area contributed by atoms with Crippen molar-refractivity contribution < 1.29 is 12.9 Å². The van der Waals surface area contributed by atoms with E-state index in [9.17, 15) is 8.42 Å². The Morgan fingerprint density at radius 3 is 2.71 bits per heavy atom. The van der Waals surface area contributed by atoms with Crippen molar-refractivity contribution in [1.29, 1.82) is 0 Å². The first-order chi connectivity index (χ1) is 9.87. The van der Waals surface area contributed by atoms with E-state index in [1.54, 1.807) is 18.3 Å². The summed E-state index contributed by atoms with van der Waals surface area (Å²) in [5.41, 5.74) is 0.867. The molecule has 1 unspecified atom stereocenters. The van der Waals surface area contributed by atoms with Crippen molar-refractivity contribution in [3.05, 3.63) is 33.1 Å². The number of hydrogen-bond donors (Lipinski definition) is 0. The third kappa shape index (κ3) is 3.03. The zero-order valence-electron chi connectivity index (χ0n) is 12.3. The number of hydrogen-bond acceptors (Lipinski definition) is 6. The Hall–Kier alpha value is -1.21. The minimum absolute atomic E-state index is 0.0193. The zero-order chi connectivity index (χ0) is 15.2. The molecule has 1 aliphatic rings. The van der Waals surface area contributed by atoms with Crippen LogP contribution in [0, 0.1) is 13.8 Å². The van der Waals surface area contributed by atoms with E-state index >= 15 is 0 Å². The summed E-state index contributed by atoms with van der Waals surface area (Å²) in [6.07, 6.45) is 2.13. The molecule has 0 amide bonds. The van der Waals surface area contributed by atoms with Crippen LogP contribution in [0.2, 0.25) is 0 Å². The van der Waals surface area contributed by atoms with Gasteiger partial charge in [0.2, 0.25) is 5.89 Å². The molecule has 1 aliphatic carbocycles. The van der Waals surface area contributed by atoms with Gasteiger partial charge in [-0.2, -0.15) is 4.98 Å². The second-order valence-corrected chi connectivity index (χ2v) is 9.43. The number of sulfone groups is 1. The largest absolute Gasteiger partial charge is 0.338 e. The molecule has 3 rings (SSSR count). The maximum absolute atomic E-state index is 12.5. The van der Waals surface area contributed by atoms with Crippen molar-refractivity contribution in [3.8, 4) is 0 Å². The minimum Gasteiger partial charge on any atom is -0.338 e. The first-order valence-electron chi connectivity index (χ1n) is 6.98. The highest BCUT2D eigenvalue weighted by Gasteiger charge is 2.33. The summed E-state index contributed by atoms with van der Waals surface area (Å²) in [5.74, 6) is 1.24. The maximum Gasteiger partial charge on any atom is 0.244 e. The number of nitrogens with zero attached hydrogens (tertiary/aromatic N) is 2. The summed E-state index contributed by atoms with van der Waals surface area (Å²) < 4.78 is 30.2. The molecule has 2 aromatic rings. The summed E-state index contributed by atoms with van der Waals surface area (Å²) >= 11 is 1.62. The van der Waals surface area contributed by atoms with Gasteiger partial charge in [0.25, 0.3) is 0 Å². The molecule has 1 fully saturated rings. The standard InChI is InChI=1S/C14H18N2O3S2/c1-8-6-12(9(2)20-8)7-21(17,18)10(3)14-15-13(16-19-14)11-4-5-11/h6,10-11H,4-5,7H2,1-3H3. The fraction of sp³-hybridized carbons (Fsp3) is 0.571. The van der Waals surface area contributed by atoms with Gasteiger partial charge in [-0.15, -0.1) is 11.3 Å². The molecule has 2 aromatic heterocycles. The highest BCUT2D eigenvalue weighted by Crippen LogP contribution is 2.39. The summed E-state index contributed by atoms with van der Waals surface area (Å²) in [6.45, 7) is 5.55. The van der Waals surface area contributed by atoms with Gasteiger partial charge >= 0.3 is 0 Å². The topological polar surface area (TPSA) is 73.1 Å². The van der Waals surface area contributed by atoms with Gasteiger partial charge in [0.05, 0.1) is 5.75 Å². The van der Waals surface area contributed by atoms with Crippen molar-refractivity contribution in [2.45, 2.75) is 50.5 Å². The monoisotopic (exact) mass is 326 g/mol. The molecule has 1 saturated carbocycles. The fourth-order valence-corrected chi connectivity index (χ4v) is 4.67. The van der Waals surface area contributed by atoms with Gasteiger partial charge in [-0.25, -0.2) is 8.42 Å². The summed E-state index contributed by atoms with van der Waals surface area (Å²) in [4.78, 5) is 6.43. The van der Waals surface area contributed by atoms with Crippen molar-refractivity contribution >= 4 is 21.2 Å². The van der Waals surface area contributed by atoms with Crippen LogP contribution in [0.4, 0.5) is 0 Å². The lowest BCUT2D eigenvalue weighted by molar-refractivity contribution is 0.371. The molecule has 7 heteroatoms. The summed E-state index contributed by atoms with van der Waals surface area (Å²) in [7, 11) is -3.36. The second-order valence-electron chi connectivity index (χ2n) is 5.65. The molecule has 5 nitrogen and oxygen atoms in total. The Morgan fingerprint density at radius 2 is 2.14 bits per heavy atom. The Bertz CT molecular complexity index is 757. The van der Waals surface area contributed by atoms with E-state index in [2.05, 4.69) is 10.1 Å². The van der Waals surface area contributed by atoms with Crippen molar-refractivity contribution in [2.75, 3.05) is 0 Å². The van der Waals surface area contributed by atoms with Crippen LogP contribution in [0.1, 0.15) is 58.0 Å². The Morgan fingerprint density at radius 1 is 1.43 bits per heavy atom. The van der Waals surface area contributed by atoms with E-state index < -0.39 is 15.1 Å². The van der Waals surface area contributed by atoms with E-state index in [0.717, 1.165) is 28.2 Å². The van der Waals surface area contributed by atoms with Gasteiger partial charge in [0.1, 0.15) is 5.25 Å². The van der Waals surface area contributed by atoms with Crippen molar-refractivity contribution in [3.63, 3.8) is 0 Å². The average Bonchev–Trinajstić information content (AvgIpc) is 3.06. The van der Waals surface area contributed by atoms with Crippen LogP contribution in [-0.4, -0.2) is 18.6 Å². The number of thiophene rings is 1. The van der Waals surface area contributed by atoms with Gasteiger partial charge < -0.3 is 4.52 Å². The van der Waals surface area contributed by atoms with Crippen LogP contribution < -0.4 is 0 Å². The molecule has 0 saturated heterocycles. The molecule has 0 radical (unpaired) electrons.